The van der Waals surface area contributed by atoms with E-state index in [1.54, 1.807) is 24.3 Å². The summed E-state index contributed by atoms with van der Waals surface area (Å²) in [5.74, 6) is -1.94. The van der Waals surface area contributed by atoms with Gasteiger partial charge in [0.2, 0.25) is 0 Å². The molecule has 20 heavy (non-hydrogen) atoms. The third-order valence-electron chi connectivity index (χ3n) is 3.00. The summed E-state index contributed by atoms with van der Waals surface area (Å²) < 4.78 is 0. The Balaban J connectivity index is 2.24. The predicted molar refractivity (Wildman–Crippen MR) is 74.9 cm³/mol. The Morgan fingerprint density at radius 2 is 1.05 bits per heavy atom. The second-order valence-corrected chi connectivity index (χ2v) is 4.26. The molecule has 0 amide bonds. The summed E-state index contributed by atoms with van der Waals surface area (Å²) in [5, 5.41) is 17.7. The van der Waals surface area contributed by atoms with Gasteiger partial charge in [-0.25, -0.2) is 9.59 Å². The standard InChI is InChI=1S/C15H13NO4/c1-16(12-6-2-10(3-7-12)14(17)18)13-8-4-11(5-9-13)15(19)20/h2-9H,1H3,(H,17,18)(H,19,20). The van der Waals surface area contributed by atoms with Gasteiger partial charge in [-0.05, 0) is 48.5 Å². The van der Waals surface area contributed by atoms with Gasteiger partial charge < -0.3 is 15.1 Å². The van der Waals surface area contributed by atoms with Crippen LogP contribution in [0.3, 0.4) is 0 Å². The minimum atomic E-state index is -0.968. The van der Waals surface area contributed by atoms with Crippen molar-refractivity contribution in [2.75, 3.05) is 11.9 Å². The summed E-state index contributed by atoms with van der Waals surface area (Å²) in [6.07, 6.45) is 0. The van der Waals surface area contributed by atoms with Gasteiger partial charge in [0.1, 0.15) is 0 Å². The van der Waals surface area contributed by atoms with E-state index in [0.29, 0.717) is 0 Å². The van der Waals surface area contributed by atoms with Crippen LogP contribution in [-0.4, -0.2) is 29.2 Å². The Morgan fingerprint density at radius 3 is 1.30 bits per heavy atom. The van der Waals surface area contributed by atoms with E-state index in [2.05, 4.69) is 0 Å². The van der Waals surface area contributed by atoms with Crippen molar-refractivity contribution in [3.63, 3.8) is 0 Å². The van der Waals surface area contributed by atoms with Crippen LogP contribution >= 0.6 is 0 Å². The lowest BCUT2D eigenvalue weighted by molar-refractivity contribution is 0.0686. The lowest BCUT2D eigenvalue weighted by Gasteiger charge is -2.19. The number of benzene rings is 2. The first-order valence-electron chi connectivity index (χ1n) is 5.89. The first-order valence-corrected chi connectivity index (χ1v) is 5.89. The van der Waals surface area contributed by atoms with Gasteiger partial charge in [-0.1, -0.05) is 0 Å². The molecule has 0 heterocycles. The van der Waals surface area contributed by atoms with E-state index in [1.165, 1.54) is 24.3 Å². The minimum Gasteiger partial charge on any atom is -0.478 e. The number of carbonyl (C=O) groups is 2. The Labute approximate surface area is 115 Å². The van der Waals surface area contributed by atoms with Crippen LogP contribution in [0.4, 0.5) is 11.4 Å². The second-order valence-electron chi connectivity index (χ2n) is 4.26. The maximum atomic E-state index is 10.8. The summed E-state index contributed by atoms with van der Waals surface area (Å²) in [5.41, 5.74) is 2.09. The molecule has 0 saturated carbocycles. The Bertz CT molecular complexity index is 574. The molecule has 0 aromatic heterocycles. The lowest BCUT2D eigenvalue weighted by Crippen LogP contribution is -2.10. The highest BCUT2D eigenvalue weighted by Gasteiger charge is 2.08. The first kappa shape index (κ1) is 13.6. The van der Waals surface area contributed by atoms with Crippen molar-refractivity contribution in [2.24, 2.45) is 0 Å². The maximum Gasteiger partial charge on any atom is 0.335 e. The fourth-order valence-electron chi connectivity index (χ4n) is 1.80. The number of carboxylic acid groups (broad SMARTS) is 2. The molecule has 0 fully saturated rings. The topological polar surface area (TPSA) is 77.8 Å². The normalized spacial score (nSPS) is 10.1. The van der Waals surface area contributed by atoms with E-state index in [4.69, 9.17) is 10.2 Å². The van der Waals surface area contributed by atoms with E-state index >= 15 is 0 Å². The molecule has 0 aliphatic rings. The molecule has 0 atom stereocenters. The average Bonchev–Trinajstić information content (AvgIpc) is 2.46. The van der Waals surface area contributed by atoms with Crippen molar-refractivity contribution in [1.82, 2.24) is 0 Å². The molecule has 5 heteroatoms. The zero-order valence-corrected chi connectivity index (χ0v) is 10.8. The molecule has 0 aliphatic heterocycles. The van der Waals surface area contributed by atoms with E-state index in [0.717, 1.165) is 11.4 Å². The third kappa shape index (κ3) is 2.77. The monoisotopic (exact) mass is 271 g/mol. The highest BCUT2D eigenvalue weighted by molar-refractivity contribution is 5.89. The van der Waals surface area contributed by atoms with E-state index in [9.17, 15) is 9.59 Å². The number of hydrogen-bond donors (Lipinski definition) is 2. The number of anilines is 2. The number of nitrogens with zero attached hydrogens (tertiary/aromatic N) is 1. The molecule has 0 aliphatic carbocycles. The SMILES string of the molecule is CN(c1ccc(C(=O)O)cc1)c1ccc(C(=O)O)cc1. The Morgan fingerprint density at radius 1 is 0.750 bits per heavy atom. The van der Waals surface area contributed by atoms with Crippen LogP contribution in [0.1, 0.15) is 20.7 Å². The van der Waals surface area contributed by atoms with Crippen LogP contribution in [0.15, 0.2) is 48.5 Å². The van der Waals surface area contributed by atoms with Crippen LogP contribution in [0, 0.1) is 0 Å². The Hall–Kier alpha value is -2.82. The number of aromatic carboxylic acids is 2. The van der Waals surface area contributed by atoms with Gasteiger partial charge in [0.15, 0.2) is 0 Å². The lowest BCUT2D eigenvalue weighted by atomic mass is 10.1. The largest absolute Gasteiger partial charge is 0.478 e. The van der Waals surface area contributed by atoms with Gasteiger partial charge in [-0.3, -0.25) is 0 Å². The molecular formula is C15H13NO4. The van der Waals surface area contributed by atoms with Gasteiger partial charge in [0, 0.05) is 18.4 Å². The molecule has 102 valence electrons. The van der Waals surface area contributed by atoms with Crippen LogP contribution in [0.25, 0.3) is 0 Å². The molecule has 0 radical (unpaired) electrons. The fourth-order valence-corrected chi connectivity index (χ4v) is 1.80. The number of carboxylic acids is 2. The zero-order chi connectivity index (χ0) is 14.7. The van der Waals surface area contributed by atoms with Crippen molar-refractivity contribution in [1.29, 1.82) is 0 Å². The van der Waals surface area contributed by atoms with Crippen molar-refractivity contribution in [3.8, 4) is 0 Å². The van der Waals surface area contributed by atoms with Gasteiger partial charge >= 0.3 is 11.9 Å². The molecule has 0 unspecified atom stereocenters. The second kappa shape index (κ2) is 5.44. The fraction of sp³-hybridized carbons (Fsp3) is 0.0667. The van der Waals surface area contributed by atoms with Crippen LogP contribution < -0.4 is 4.90 Å². The summed E-state index contributed by atoms with van der Waals surface area (Å²) in [7, 11) is 1.82. The molecule has 5 nitrogen and oxygen atoms in total. The molecule has 0 saturated heterocycles. The van der Waals surface area contributed by atoms with Crippen LogP contribution in [-0.2, 0) is 0 Å². The molecule has 0 spiro atoms. The maximum absolute atomic E-state index is 10.8. The smallest absolute Gasteiger partial charge is 0.335 e. The summed E-state index contributed by atoms with van der Waals surface area (Å²) in [4.78, 5) is 23.4. The molecule has 2 aromatic rings. The Kier molecular flexibility index (Phi) is 3.70. The quantitative estimate of drug-likeness (QED) is 0.894. The zero-order valence-electron chi connectivity index (χ0n) is 10.8. The average molecular weight is 271 g/mol. The molecular weight excluding hydrogens is 258 g/mol. The molecule has 2 N–H and O–H groups in total. The van der Waals surface area contributed by atoms with Crippen molar-refractivity contribution in [3.05, 3.63) is 59.7 Å². The van der Waals surface area contributed by atoms with E-state index in [-0.39, 0.29) is 11.1 Å². The highest BCUT2D eigenvalue weighted by Crippen LogP contribution is 2.24. The van der Waals surface area contributed by atoms with Crippen LogP contribution in [0.2, 0.25) is 0 Å². The van der Waals surface area contributed by atoms with Crippen molar-refractivity contribution >= 4 is 23.3 Å². The van der Waals surface area contributed by atoms with E-state index in [1.807, 2.05) is 11.9 Å². The molecule has 0 bridgehead atoms. The third-order valence-corrected chi connectivity index (χ3v) is 3.00. The van der Waals surface area contributed by atoms with Gasteiger partial charge in [-0.2, -0.15) is 0 Å². The number of rotatable bonds is 4. The van der Waals surface area contributed by atoms with Crippen molar-refractivity contribution < 1.29 is 19.8 Å². The minimum absolute atomic E-state index is 0.225. The van der Waals surface area contributed by atoms with E-state index < -0.39 is 11.9 Å². The summed E-state index contributed by atoms with van der Waals surface area (Å²) >= 11 is 0. The van der Waals surface area contributed by atoms with Gasteiger partial charge in [0.25, 0.3) is 0 Å². The van der Waals surface area contributed by atoms with Crippen molar-refractivity contribution in [2.45, 2.75) is 0 Å². The molecule has 2 aromatic carbocycles. The highest BCUT2D eigenvalue weighted by atomic mass is 16.4. The first-order chi connectivity index (χ1) is 9.49. The predicted octanol–water partition coefficient (Wildman–Crippen LogP) is 2.85. The summed E-state index contributed by atoms with van der Waals surface area (Å²) in [6, 6.07) is 12.9. The summed E-state index contributed by atoms with van der Waals surface area (Å²) in [6.45, 7) is 0. The molecule has 2 rings (SSSR count). The van der Waals surface area contributed by atoms with Crippen LogP contribution in [0.5, 0.6) is 0 Å². The van der Waals surface area contributed by atoms with Gasteiger partial charge in [-0.15, -0.1) is 0 Å². The van der Waals surface area contributed by atoms with Gasteiger partial charge in [0.05, 0.1) is 11.1 Å². The number of hydrogen-bond acceptors (Lipinski definition) is 3.